The number of anilines is 1. The van der Waals surface area contributed by atoms with Crippen molar-refractivity contribution in [1.82, 2.24) is 9.71 Å². The standard InChI is InChI=1S/C8H12ClN3O2S/c1-2-6-10-15(13,14)12-8-5-3-4-7(9)11-8/h3-5,10H,2,6H2,1H3,(H,11,12). The van der Waals surface area contributed by atoms with Crippen LogP contribution in [0.4, 0.5) is 5.82 Å². The highest BCUT2D eigenvalue weighted by Gasteiger charge is 2.08. The Bertz CT molecular complexity index is 422. The summed E-state index contributed by atoms with van der Waals surface area (Å²) in [5.74, 6) is 0.200. The number of hydrogen-bond donors (Lipinski definition) is 2. The first-order valence-corrected chi connectivity index (χ1v) is 6.29. The minimum Gasteiger partial charge on any atom is -0.255 e. The average molecular weight is 250 g/mol. The van der Waals surface area contributed by atoms with Crippen LogP contribution in [-0.4, -0.2) is 19.9 Å². The minimum absolute atomic E-state index is 0.200. The number of hydrogen-bond acceptors (Lipinski definition) is 3. The molecule has 5 nitrogen and oxygen atoms in total. The molecule has 1 heterocycles. The summed E-state index contributed by atoms with van der Waals surface area (Å²) in [7, 11) is -3.53. The van der Waals surface area contributed by atoms with Gasteiger partial charge in [0.2, 0.25) is 0 Å². The van der Waals surface area contributed by atoms with Gasteiger partial charge in [0.05, 0.1) is 0 Å². The summed E-state index contributed by atoms with van der Waals surface area (Å²) in [5, 5.41) is 0.241. The summed E-state index contributed by atoms with van der Waals surface area (Å²) >= 11 is 5.61. The fraction of sp³-hybridized carbons (Fsp3) is 0.375. The number of halogens is 1. The third-order valence-corrected chi connectivity index (χ3v) is 2.77. The summed E-state index contributed by atoms with van der Waals surface area (Å²) in [6, 6.07) is 4.71. The maximum absolute atomic E-state index is 11.4. The van der Waals surface area contributed by atoms with Crippen LogP contribution >= 0.6 is 11.6 Å². The molecule has 0 bridgehead atoms. The molecule has 1 rings (SSSR count). The quantitative estimate of drug-likeness (QED) is 0.775. The first-order valence-electron chi connectivity index (χ1n) is 4.43. The van der Waals surface area contributed by atoms with Crippen LogP contribution in [0.1, 0.15) is 13.3 Å². The van der Waals surface area contributed by atoms with E-state index in [4.69, 9.17) is 11.6 Å². The molecule has 0 saturated heterocycles. The zero-order chi connectivity index (χ0) is 11.3. The van der Waals surface area contributed by atoms with E-state index in [-0.39, 0.29) is 11.0 Å². The van der Waals surface area contributed by atoms with Gasteiger partial charge in [0.25, 0.3) is 10.2 Å². The van der Waals surface area contributed by atoms with Crippen LogP contribution in [0.5, 0.6) is 0 Å². The zero-order valence-electron chi connectivity index (χ0n) is 8.20. The highest BCUT2D eigenvalue weighted by Crippen LogP contribution is 2.09. The summed E-state index contributed by atoms with van der Waals surface area (Å²) in [6.07, 6.45) is 0.726. The normalized spacial score (nSPS) is 11.3. The number of nitrogens with zero attached hydrogens (tertiary/aromatic N) is 1. The van der Waals surface area contributed by atoms with E-state index >= 15 is 0 Å². The maximum Gasteiger partial charge on any atom is 0.300 e. The molecule has 7 heteroatoms. The van der Waals surface area contributed by atoms with Crippen molar-refractivity contribution >= 4 is 27.6 Å². The second kappa shape index (κ2) is 5.29. The van der Waals surface area contributed by atoms with Crippen molar-refractivity contribution in [2.24, 2.45) is 0 Å². The lowest BCUT2D eigenvalue weighted by Crippen LogP contribution is -2.30. The van der Waals surface area contributed by atoms with E-state index in [0.29, 0.717) is 6.54 Å². The molecule has 0 spiro atoms. The number of aromatic nitrogens is 1. The topological polar surface area (TPSA) is 71.1 Å². The molecule has 0 radical (unpaired) electrons. The van der Waals surface area contributed by atoms with Gasteiger partial charge >= 0.3 is 0 Å². The Morgan fingerprint density at radius 1 is 1.47 bits per heavy atom. The fourth-order valence-corrected chi connectivity index (χ4v) is 1.97. The summed E-state index contributed by atoms with van der Waals surface area (Å²) in [6.45, 7) is 2.26. The highest BCUT2D eigenvalue weighted by atomic mass is 35.5. The van der Waals surface area contributed by atoms with Gasteiger partial charge in [-0.1, -0.05) is 24.6 Å². The van der Waals surface area contributed by atoms with Crippen LogP contribution in [0.3, 0.4) is 0 Å². The summed E-state index contributed by atoms with van der Waals surface area (Å²) in [5.41, 5.74) is 0. The van der Waals surface area contributed by atoms with Gasteiger partial charge in [0, 0.05) is 6.54 Å². The van der Waals surface area contributed by atoms with Crippen molar-refractivity contribution in [3.63, 3.8) is 0 Å². The van der Waals surface area contributed by atoms with Crippen molar-refractivity contribution in [3.05, 3.63) is 23.4 Å². The molecular weight excluding hydrogens is 238 g/mol. The average Bonchev–Trinajstić information content (AvgIpc) is 2.14. The van der Waals surface area contributed by atoms with E-state index in [1.165, 1.54) is 6.07 Å². The lowest BCUT2D eigenvalue weighted by Gasteiger charge is -2.07. The summed E-state index contributed by atoms with van der Waals surface area (Å²) < 4.78 is 27.3. The molecule has 1 aromatic rings. The fourth-order valence-electron chi connectivity index (χ4n) is 0.875. The van der Waals surface area contributed by atoms with Gasteiger partial charge < -0.3 is 0 Å². The van der Waals surface area contributed by atoms with Gasteiger partial charge in [-0.2, -0.15) is 13.1 Å². The molecule has 0 aliphatic rings. The Hall–Kier alpha value is -0.850. The second-order valence-corrected chi connectivity index (χ2v) is 4.73. The Morgan fingerprint density at radius 2 is 2.20 bits per heavy atom. The van der Waals surface area contributed by atoms with E-state index in [2.05, 4.69) is 14.4 Å². The highest BCUT2D eigenvalue weighted by molar-refractivity contribution is 7.90. The van der Waals surface area contributed by atoms with E-state index in [0.717, 1.165) is 6.42 Å². The SMILES string of the molecule is CCCNS(=O)(=O)Nc1cccc(Cl)n1. The van der Waals surface area contributed by atoms with Gasteiger partial charge in [-0.3, -0.25) is 4.72 Å². The maximum atomic E-state index is 11.4. The van der Waals surface area contributed by atoms with Crippen molar-refractivity contribution in [2.75, 3.05) is 11.3 Å². The molecule has 0 aromatic carbocycles. The van der Waals surface area contributed by atoms with Crippen LogP contribution in [-0.2, 0) is 10.2 Å². The smallest absolute Gasteiger partial charge is 0.255 e. The van der Waals surface area contributed by atoms with Crippen LogP contribution in [0.15, 0.2) is 18.2 Å². The minimum atomic E-state index is -3.53. The molecule has 15 heavy (non-hydrogen) atoms. The molecule has 0 saturated carbocycles. The lowest BCUT2D eigenvalue weighted by atomic mass is 10.5. The molecule has 84 valence electrons. The van der Waals surface area contributed by atoms with Crippen molar-refractivity contribution < 1.29 is 8.42 Å². The van der Waals surface area contributed by atoms with Gasteiger partial charge in [-0.15, -0.1) is 0 Å². The Balaban J connectivity index is 2.69. The van der Waals surface area contributed by atoms with Crippen LogP contribution in [0.25, 0.3) is 0 Å². The number of rotatable bonds is 5. The second-order valence-electron chi connectivity index (χ2n) is 2.85. The van der Waals surface area contributed by atoms with E-state index < -0.39 is 10.2 Å². The molecule has 0 amide bonds. The zero-order valence-corrected chi connectivity index (χ0v) is 9.77. The third kappa shape index (κ3) is 4.46. The molecular formula is C8H12ClN3O2S. The first kappa shape index (κ1) is 12.2. The Kier molecular flexibility index (Phi) is 4.31. The Morgan fingerprint density at radius 3 is 2.80 bits per heavy atom. The predicted molar refractivity (Wildman–Crippen MR) is 60.1 cm³/mol. The number of pyridine rings is 1. The molecule has 0 atom stereocenters. The molecule has 0 fully saturated rings. The third-order valence-electron chi connectivity index (χ3n) is 1.50. The van der Waals surface area contributed by atoms with Gasteiger partial charge in [0.1, 0.15) is 11.0 Å². The first-order chi connectivity index (χ1) is 7.03. The van der Waals surface area contributed by atoms with Crippen molar-refractivity contribution in [1.29, 1.82) is 0 Å². The monoisotopic (exact) mass is 249 g/mol. The van der Waals surface area contributed by atoms with Gasteiger partial charge in [-0.25, -0.2) is 4.98 Å². The lowest BCUT2D eigenvalue weighted by molar-refractivity contribution is 0.586. The van der Waals surface area contributed by atoms with Crippen LogP contribution < -0.4 is 9.44 Å². The van der Waals surface area contributed by atoms with Gasteiger partial charge in [0.15, 0.2) is 0 Å². The van der Waals surface area contributed by atoms with Gasteiger partial charge in [-0.05, 0) is 18.6 Å². The van der Waals surface area contributed by atoms with E-state index in [1.807, 2.05) is 6.92 Å². The molecule has 0 unspecified atom stereocenters. The largest absolute Gasteiger partial charge is 0.300 e. The van der Waals surface area contributed by atoms with Crippen LogP contribution in [0.2, 0.25) is 5.15 Å². The Labute approximate surface area is 94.0 Å². The summed E-state index contributed by atoms with van der Waals surface area (Å²) in [4.78, 5) is 3.80. The van der Waals surface area contributed by atoms with Crippen molar-refractivity contribution in [2.45, 2.75) is 13.3 Å². The molecule has 0 aliphatic heterocycles. The number of nitrogens with one attached hydrogen (secondary N) is 2. The van der Waals surface area contributed by atoms with Crippen LogP contribution in [0, 0.1) is 0 Å². The molecule has 1 aromatic heterocycles. The molecule has 2 N–H and O–H groups in total. The van der Waals surface area contributed by atoms with E-state index in [9.17, 15) is 8.42 Å². The predicted octanol–water partition coefficient (Wildman–Crippen LogP) is 1.39. The van der Waals surface area contributed by atoms with E-state index in [1.54, 1.807) is 12.1 Å². The molecule has 0 aliphatic carbocycles. The van der Waals surface area contributed by atoms with Crippen molar-refractivity contribution in [3.8, 4) is 0 Å².